The number of thiophene rings is 2. The number of ether oxygens (including phenoxy) is 12. The lowest BCUT2D eigenvalue weighted by Crippen LogP contribution is -2.13. The Hall–Kier alpha value is -1.72. The van der Waals surface area contributed by atoms with Crippen molar-refractivity contribution in [2.45, 2.75) is 100 Å². The molecule has 0 aromatic carbocycles. The first-order valence-corrected chi connectivity index (χ1v) is 22.6. The molecule has 2 heterocycles. The second-order valence-corrected chi connectivity index (χ2v) is 14.9. The van der Waals surface area contributed by atoms with Crippen molar-refractivity contribution in [3.8, 4) is 23.0 Å². The predicted molar refractivity (Wildman–Crippen MR) is 233 cm³/mol. The van der Waals surface area contributed by atoms with Gasteiger partial charge in [-0.05, 0) is 39.5 Å². The van der Waals surface area contributed by atoms with Gasteiger partial charge in [-0.1, -0.05) is 60.8 Å². The molecule has 0 bridgehead atoms. The highest BCUT2D eigenvalue weighted by Crippen LogP contribution is 2.41. The first-order valence-electron chi connectivity index (χ1n) is 20.9. The van der Waals surface area contributed by atoms with Crippen LogP contribution in [0.4, 0.5) is 0 Å². The summed E-state index contributed by atoms with van der Waals surface area (Å²) in [6.07, 6.45) is 9.00. The Morgan fingerprint density at radius 1 is 0.351 bits per heavy atom. The van der Waals surface area contributed by atoms with E-state index >= 15 is 0 Å². The van der Waals surface area contributed by atoms with E-state index in [-0.39, 0.29) is 7.43 Å². The largest absolute Gasteiger partial charge is 0.486 e. The van der Waals surface area contributed by atoms with Gasteiger partial charge in [-0.25, -0.2) is 0 Å². The van der Waals surface area contributed by atoms with Crippen LogP contribution in [0.3, 0.4) is 0 Å². The van der Waals surface area contributed by atoms with Crippen molar-refractivity contribution in [2.24, 2.45) is 0 Å². The Balaban J connectivity index is 0.00000108. The van der Waals surface area contributed by atoms with Gasteiger partial charge in [0.25, 0.3) is 0 Å². The lowest BCUT2D eigenvalue weighted by atomic mass is 10.3. The third-order valence-electron chi connectivity index (χ3n) is 7.72. The molecule has 0 radical (unpaired) electrons. The second kappa shape index (κ2) is 42.4. The minimum Gasteiger partial charge on any atom is -0.486 e. The Labute approximate surface area is 354 Å². The molecule has 0 amide bonds. The monoisotopic (exact) mass is 853 g/mol. The molecule has 0 saturated carbocycles. The van der Waals surface area contributed by atoms with Crippen LogP contribution >= 0.6 is 22.7 Å². The Kier molecular flexibility index (Phi) is 41.1. The molecule has 0 spiro atoms. The van der Waals surface area contributed by atoms with Crippen LogP contribution in [0.1, 0.15) is 96.2 Å². The van der Waals surface area contributed by atoms with Crippen molar-refractivity contribution in [3.05, 3.63) is 20.5 Å². The zero-order valence-electron chi connectivity index (χ0n) is 35.7. The smallest absolute Gasteiger partial charge is 0.175 e. The number of aryl methyl sites for hydroxylation is 2. The van der Waals surface area contributed by atoms with Crippen molar-refractivity contribution >= 4 is 22.7 Å². The molecule has 0 saturated heterocycles. The SMILES string of the molecule is C.CCCCOCCOCCOc1c(C)sc(C)c1OCCOCCOCCCC.CCCCOCCOCCOc1cscc1OCCOCCOCCCC. The molecule has 2 aromatic heterocycles. The Morgan fingerprint density at radius 3 is 0.877 bits per heavy atom. The number of unbranched alkanes of at least 4 members (excludes halogenated alkanes) is 4. The summed E-state index contributed by atoms with van der Waals surface area (Å²) in [4.78, 5) is 2.23. The van der Waals surface area contributed by atoms with Gasteiger partial charge in [0.1, 0.15) is 26.4 Å². The van der Waals surface area contributed by atoms with Gasteiger partial charge in [0, 0.05) is 46.9 Å². The summed E-state index contributed by atoms with van der Waals surface area (Å²) < 4.78 is 67.2. The summed E-state index contributed by atoms with van der Waals surface area (Å²) in [5, 5.41) is 3.87. The van der Waals surface area contributed by atoms with E-state index in [1.165, 1.54) is 0 Å². The maximum absolute atomic E-state index is 5.93. The van der Waals surface area contributed by atoms with Crippen molar-refractivity contribution in [1.82, 2.24) is 0 Å². The maximum atomic E-state index is 5.93. The van der Waals surface area contributed by atoms with Gasteiger partial charge in [0.05, 0.1) is 79.3 Å². The van der Waals surface area contributed by atoms with Crippen molar-refractivity contribution in [2.75, 3.05) is 132 Å². The molecule has 14 heteroatoms. The van der Waals surface area contributed by atoms with Gasteiger partial charge < -0.3 is 56.8 Å². The molecule has 12 nitrogen and oxygen atoms in total. The first kappa shape index (κ1) is 55.3. The fourth-order valence-electron chi connectivity index (χ4n) is 4.56. The summed E-state index contributed by atoms with van der Waals surface area (Å²) in [5.74, 6) is 3.15. The van der Waals surface area contributed by atoms with Gasteiger partial charge in [-0.2, -0.15) is 0 Å². The third-order valence-corrected chi connectivity index (χ3v) is 9.40. The highest BCUT2D eigenvalue weighted by molar-refractivity contribution is 7.12. The van der Waals surface area contributed by atoms with Gasteiger partial charge >= 0.3 is 0 Å². The van der Waals surface area contributed by atoms with Crippen LogP contribution in [-0.4, -0.2) is 132 Å². The zero-order valence-corrected chi connectivity index (χ0v) is 37.3. The van der Waals surface area contributed by atoms with E-state index in [0.717, 1.165) is 111 Å². The molecule has 0 aliphatic rings. The van der Waals surface area contributed by atoms with E-state index in [9.17, 15) is 0 Å². The van der Waals surface area contributed by atoms with Crippen LogP contribution in [0.2, 0.25) is 0 Å². The van der Waals surface area contributed by atoms with Crippen LogP contribution in [-0.2, 0) is 37.9 Å². The van der Waals surface area contributed by atoms with Crippen molar-refractivity contribution in [3.63, 3.8) is 0 Å². The average molecular weight is 853 g/mol. The van der Waals surface area contributed by atoms with Crippen LogP contribution in [0.25, 0.3) is 0 Å². The molecule has 2 aromatic rings. The molecule has 0 aliphatic carbocycles. The fourth-order valence-corrected chi connectivity index (χ4v) is 6.19. The minimum absolute atomic E-state index is 0. The predicted octanol–water partition coefficient (Wildman–Crippen LogP) is 9.60. The molecule has 0 unspecified atom stereocenters. The first-order chi connectivity index (χ1) is 27.6. The van der Waals surface area contributed by atoms with Crippen LogP contribution < -0.4 is 18.9 Å². The quantitative estimate of drug-likeness (QED) is 0.0596. The third kappa shape index (κ3) is 31.8. The maximum Gasteiger partial charge on any atom is 0.175 e. The van der Waals surface area contributed by atoms with Gasteiger partial charge in [-0.3, -0.25) is 0 Å². The average Bonchev–Trinajstić information content (AvgIpc) is 3.76. The topological polar surface area (TPSA) is 111 Å². The summed E-state index contributed by atoms with van der Waals surface area (Å²) in [6.45, 7) is 25.0. The van der Waals surface area contributed by atoms with E-state index in [2.05, 4.69) is 27.7 Å². The highest BCUT2D eigenvalue weighted by atomic mass is 32.1. The summed E-state index contributed by atoms with van der Waals surface area (Å²) in [7, 11) is 0. The molecule has 0 atom stereocenters. The van der Waals surface area contributed by atoms with E-state index in [1.54, 1.807) is 22.7 Å². The number of rotatable bonds is 40. The van der Waals surface area contributed by atoms with E-state index < -0.39 is 0 Å². The van der Waals surface area contributed by atoms with E-state index in [1.807, 2.05) is 24.6 Å². The minimum atomic E-state index is 0. The van der Waals surface area contributed by atoms with E-state index in [0.29, 0.717) is 106 Å². The number of hydrogen-bond donors (Lipinski definition) is 0. The van der Waals surface area contributed by atoms with Gasteiger partial charge in [0.2, 0.25) is 0 Å². The van der Waals surface area contributed by atoms with Crippen molar-refractivity contribution < 1.29 is 56.8 Å². The molecule has 2 rings (SSSR count). The Bertz CT molecular complexity index is 1020. The van der Waals surface area contributed by atoms with E-state index in [4.69, 9.17) is 56.8 Å². The zero-order chi connectivity index (χ0) is 40.6. The second-order valence-electron chi connectivity index (χ2n) is 12.7. The van der Waals surface area contributed by atoms with Gasteiger partial charge in [-0.15, -0.1) is 22.7 Å². The number of hydrogen-bond acceptors (Lipinski definition) is 14. The summed E-state index contributed by atoms with van der Waals surface area (Å²) in [6, 6.07) is 0. The molecule has 0 aliphatic heterocycles. The van der Waals surface area contributed by atoms with Crippen LogP contribution in [0.5, 0.6) is 23.0 Å². The summed E-state index contributed by atoms with van der Waals surface area (Å²) >= 11 is 3.24. The molecule has 0 fully saturated rings. The van der Waals surface area contributed by atoms with Crippen LogP contribution in [0, 0.1) is 13.8 Å². The lowest BCUT2D eigenvalue weighted by Gasteiger charge is -2.12. The van der Waals surface area contributed by atoms with Crippen LogP contribution in [0.15, 0.2) is 10.8 Å². The van der Waals surface area contributed by atoms with Crippen molar-refractivity contribution in [1.29, 1.82) is 0 Å². The molecule has 0 N–H and O–H groups in total. The molecule has 57 heavy (non-hydrogen) atoms. The standard InChI is InChI=1S/C22H40O6S.C20H36O6S.CH4/c1-5-7-9-23-11-13-25-15-17-27-21-19(3)29-20(4)22(21)28-18-16-26-14-12-24-10-8-6-2;1-3-5-7-21-9-11-23-13-15-25-19-17-27-18-20(19)26-16-14-24-12-10-22-8-6-4-2;/h5-18H2,1-4H3;17-18H,3-16H2,1-2H3;1H4. The Morgan fingerprint density at radius 2 is 0.596 bits per heavy atom. The summed E-state index contributed by atoms with van der Waals surface area (Å²) in [5.41, 5.74) is 0. The molecule has 336 valence electrons. The molecular weight excluding hydrogens is 773 g/mol. The highest BCUT2D eigenvalue weighted by Gasteiger charge is 2.16. The van der Waals surface area contributed by atoms with Gasteiger partial charge in [0.15, 0.2) is 23.0 Å². The fraction of sp³-hybridized carbons (Fsp3) is 0.814. The normalized spacial score (nSPS) is 10.9. The lowest BCUT2D eigenvalue weighted by molar-refractivity contribution is 0.0324. The molecular formula is C43H80O12S2.